The van der Waals surface area contributed by atoms with Gasteiger partial charge in [0.25, 0.3) is 0 Å². The Morgan fingerprint density at radius 2 is 2.12 bits per heavy atom. The third kappa shape index (κ3) is 3.41. The van der Waals surface area contributed by atoms with Crippen molar-refractivity contribution in [2.45, 2.75) is 26.4 Å². The minimum Gasteiger partial charge on any atom is -0.310 e. The minimum atomic E-state index is 0.520. The summed E-state index contributed by atoms with van der Waals surface area (Å²) in [5.74, 6) is 0. The zero-order valence-corrected chi connectivity index (χ0v) is 12.4. The van der Waals surface area contributed by atoms with E-state index in [0.29, 0.717) is 6.04 Å². The fourth-order valence-corrected chi connectivity index (χ4v) is 3.24. The quantitative estimate of drug-likeness (QED) is 0.865. The highest BCUT2D eigenvalue weighted by molar-refractivity contribution is 9.10. The van der Waals surface area contributed by atoms with Crippen LogP contribution in [-0.4, -0.2) is 6.04 Å². The Bertz CT molecular complexity index is 490. The Labute approximate surface area is 115 Å². The van der Waals surface area contributed by atoms with Crippen molar-refractivity contribution in [2.75, 3.05) is 0 Å². The molecule has 0 aliphatic rings. The highest BCUT2D eigenvalue weighted by atomic mass is 79.9. The molecular weight excluding hydrogens is 294 g/mol. The van der Waals surface area contributed by atoms with Gasteiger partial charge in [-0.2, -0.15) is 0 Å². The molecule has 0 fully saturated rings. The van der Waals surface area contributed by atoms with Crippen LogP contribution >= 0.6 is 27.3 Å². The van der Waals surface area contributed by atoms with Crippen molar-refractivity contribution in [1.82, 2.24) is 5.32 Å². The lowest BCUT2D eigenvalue weighted by Gasteiger charge is -2.09. The second-order valence-electron chi connectivity index (χ2n) is 4.33. The van der Waals surface area contributed by atoms with Crippen molar-refractivity contribution in [3.8, 4) is 10.4 Å². The van der Waals surface area contributed by atoms with E-state index in [9.17, 15) is 0 Å². The second kappa shape index (κ2) is 5.80. The molecule has 0 saturated carbocycles. The van der Waals surface area contributed by atoms with Crippen molar-refractivity contribution in [3.05, 3.63) is 45.7 Å². The third-order valence-corrected chi connectivity index (χ3v) is 4.41. The predicted octanol–water partition coefficient (Wildman–Crippen LogP) is 4.68. The number of halogens is 1. The van der Waals surface area contributed by atoms with Gasteiger partial charge in [0.2, 0.25) is 0 Å². The van der Waals surface area contributed by atoms with E-state index in [-0.39, 0.29) is 0 Å². The first-order valence-corrected chi connectivity index (χ1v) is 7.40. The summed E-state index contributed by atoms with van der Waals surface area (Å²) in [4.78, 5) is 1.30. The summed E-state index contributed by atoms with van der Waals surface area (Å²) in [6, 6.07) is 11.3. The SMILES string of the molecule is CC(C)NCc1cccc(-c2sccc2Br)c1. The van der Waals surface area contributed by atoms with Gasteiger partial charge in [-0.15, -0.1) is 11.3 Å². The van der Waals surface area contributed by atoms with Crippen molar-refractivity contribution in [1.29, 1.82) is 0 Å². The van der Waals surface area contributed by atoms with Crippen molar-refractivity contribution >= 4 is 27.3 Å². The highest BCUT2D eigenvalue weighted by Gasteiger charge is 2.05. The molecule has 0 aliphatic heterocycles. The van der Waals surface area contributed by atoms with Crippen LogP contribution in [-0.2, 0) is 6.54 Å². The smallest absolute Gasteiger partial charge is 0.0484 e. The fourth-order valence-electron chi connectivity index (χ4n) is 1.64. The van der Waals surface area contributed by atoms with E-state index in [2.05, 4.69) is 70.8 Å². The first kappa shape index (κ1) is 12.8. The lowest BCUT2D eigenvalue weighted by molar-refractivity contribution is 0.589. The Kier molecular flexibility index (Phi) is 4.37. The summed E-state index contributed by atoms with van der Waals surface area (Å²) < 4.78 is 1.18. The lowest BCUT2D eigenvalue weighted by Crippen LogP contribution is -2.21. The van der Waals surface area contributed by atoms with Crippen LogP contribution in [0.15, 0.2) is 40.2 Å². The molecule has 17 heavy (non-hydrogen) atoms. The number of hydrogen-bond acceptors (Lipinski definition) is 2. The summed E-state index contributed by atoms with van der Waals surface area (Å²) in [6.45, 7) is 5.26. The molecular formula is C14H16BrNS. The Morgan fingerprint density at radius 1 is 1.29 bits per heavy atom. The molecule has 3 heteroatoms. The Hall–Kier alpha value is -0.640. The van der Waals surface area contributed by atoms with Crippen molar-refractivity contribution in [2.24, 2.45) is 0 Å². The molecule has 0 saturated heterocycles. The number of rotatable bonds is 4. The van der Waals surface area contributed by atoms with Crippen LogP contribution in [0.1, 0.15) is 19.4 Å². The zero-order valence-electron chi connectivity index (χ0n) is 10.0. The summed E-state index contributed by atoms with van der Waals surface area (Å²) in [6.07, 6.45) is 0. The molecule has 0 amide bonds. The van der Waals surface area contributed by atoms with E-state index in [0.717, 1.165) is 6.54 Å². The van der Waals surface area contributed by atoms with Gasteiger partial charge in [0.1, 0.15) is 0 Å². The minimum absolute atomic E-state index is 0.520. The van der Waals surface area contributed by atoms with Gasteiger partial charge in [0, 0.05) is 21.9 Å². The third-order valence-electron chi connectivity index (χ3n) is 2.52. The van der Waals surface area contributed by atoms with Crippen LogP contribution in [0.25, 0.3) is 10.4 Å². The van der Waals surface area contributed by atoms with E-state index in [1.807, 2.05) is 0 Å². The maximum absolute atomic E-state index is 3.58. The number of benzene rings is 1. The zero-order chi connectivity index (χ0) is 12.3. The number of nitrogens with one attached hydrogen (secondary N) is 1. The molecule has 90 valence electrons. The molecule has 0 spiro atoms. The van der Waals surface area contributed by atoms with Gasteiger partial charge in [0.05, 0.1) is 0 Å². The van der Waals surface area contributed by atoms with E-state index < -0.39 is 0 Å². The molecule has 0 radical (unpaired) electrons. The normalized spacial score (nSPS) is 11.1. The van der Waals surface area contributed by atoms with Crippen LogP contribution in [0.5, 0.6) is 0 Å². The fraction of sp³-hybridized carbons (Fsp3) is 0.286. The van der Waals surface area contributed by atoms with Crippen molar-refractivity contribution < 1.29 is 0 Å². The lowest BCUT2D eigenvalue weighted by atomic mass is 10.1. The average molecular weight is 310 g/mol. The summed E-state index contributed by atoms with van der Waals surface area (Å²) in [5, 5.41) is 5.55. The molecule has 2 aromatic rings. The largest absolute Gasteiger partial charge is 0.310 e. The van der Waals surface area contributed by atoms with Gasteiger partial charge in [-0.25, -0.2) is 0 Å². The number of thiophene rings is 1. The predicted molar refractivity (Wildman–Crippen MR) is 79.4 cm³/mol. The van der Waals surface area contributed by atoms with E-state index in [1.165, 1.54) is 20.5 Å². The molecule has 0 atom stereocenters. The van der Waals surface area contributed by atoms with Gasteiger partial charge >= 0.3 is 0 Å². The van der Waals surface area contributed by atoms with E-state index in [1.54, 1.807) is 11.3 Å². The van der Waals surface area contributed by atoms with Crippen molar-refractivity contribution in [3.63, 3.8) is 0 Å². The summed E-state index contributed by atoms with van der Waals surface area (Å²) >= 11 is 5.35. The summed E-state index contributed by atoms with van der Waals surface area (Å²) in [5.41, 5.74) is 2.62. The Balaban J connectivity index is 2.20. The van der Waals surface area contributed by atoms with Gasteiger partial charge in [-0.1, -0.05) is 32.0 Å². The Morgan fingerprint density at radius 3 is 2.76 bits per heavy atom. The molecule has 0 aliphatic carbocycles. The standard InChI is InChI=1S/C14H16BrNS/c1-10(2)16-9-11-4-3-5-12(8-11)14-13(15)6-7-17-14/h3-8,10,16H,9H2,1-2H3. The first-order chi connectivity index (χ1) is 8.16. The van der Waals surface area contributed by atoms with Crippen LogP contribution in [0.3, 0.4) is 0 Å². The van der Waals surface area contributed by atoms with E-state index >= 15 is 0 Å². The molecule has 0 bridgehead atoms. The topological polar surface area (TPSA) is 12.0 Å². The molecule has 1 aromatic carbocycles. The average Bonchev–Trinajstić information content (AvgIpc) is 2.73. The maximum atomic E-state index is 3.58. The van der Waals surface area contributed by atoms with Crippen LogP contribution in [0, 0.1) is 0 Å². The second-order valence-corrected chi connectivity index (χ2v) is 6.10. The molecule has 1 N–H and O–H groups in total. The number of hydrogen-bond donors (Lipinski definition) is 1. The molecule has 2 rings (SSSR count). The highest BCUT2D eigenvalue weighted by Crippen LogP contribution is 2.33. The molecule has 0 unspecified atom stereocenters. The van der Waals surface area contributed by atoms with Crippen LogP contribution in [0.2, 0.25) is 0 Å². The molecule has 1 aromatic heterocycles. The molecule has 1 heterocycles. The maximum Gasteiger partial charge on any atom is 0.0484 e. The van der Waals surface area contributed by atoms with Crippen LogP contribution < -0.4 is 5.32 Å². The van der Waals surface area contributed by atoms with Gasteiger partial charge in [-0.05, 0) is 44.6 Å². The van der Waals surface area contributed by atoms with Gasteiger partial charge in [0.15, 0.2) is 0 Å². The summed E-state index contributed by atoms with van der Waals surface area (Å²) in [7, 11) is 0. The van der Waals surface area contributed by atoms with Crippen LogP contribution in [0.4, 0.5) is 0 Å². The first-order valence-electron chi connectivity index (χ1n) is 5.72. The monoisotopic (exact) mass is 309 g/mol. The molecule has 1 nitrogen and oxygen atoms in total. The van der Waals surface area contributed by atoms with E-state index in [4.69, 9.17) is 0 Å². The van der Waals surface area contributed by atoms with Gasteiger partial charge < -0.3 is 5.32 Å². The van der Waals surface area contributed by atoms with Gasteiger partial charge in [-0.3, -0.25) is 0 Å².